The van der Waals surface area contributed by atoms with Gasteiger partial charge in [0.05, 0.1) is 18.5 Å². The molecule has 0 aliphatic heterocycles. The fraction of sp³-hybridized carbons (Fsp3) is 0.250. The van der Waals surface area contributed by atoms with Crippen molar-refractivity contribution in [1.82, 2.24) is 15.5 Å². The molecular formula is C24H24N4O3. The highest BCUT2D eigenvalue weighted by molar-refractivity contribution is 6.11. The minimum absolute atomic E-state index is 0.146. The van der Waals surface area contributed by atoms with Crippen molar-refractivity contribution >= 4 is 17.5 Å². The maximum absolute atomic E-state index is 12.6. The molecule has 2 aromatic carbocycles. The van der Waals surface area contributed by atoms with Crippen LogP contribution in [0.5, 0.6) is 0 Å². The van der Waals surface area contributed by atoms with Gasteiger partial charge in [0.25, 0.3) is 11.8 Å². The molecule has 4 rings (SSSR count). The molecule has 3 N–H and O–H groups in total. The molecule has 31 heavy (non-hydrogen) atoms. The average molecular weight is 416 g/mol. The van der Waals surface area contributed by atoms with E-state index in [0.717, 1.165) is 36.8 Å². The number of rotatable bonds is 6. The second-order valence-corrected chi connectivity index (χ2v) is 7.62. The molecular weight excluding hydrogens is 392 g/mol. The number of aliphatic hydroxyl groups excluding tert-OH is 1. The number of aromatic amines is 1. The predicted octanol–water partition coefficient (Wildman–Crippen LogP) is 3.37. The van der Waals surface area contributed by atoms with Crippen LogP contribution in [0.2, 0.25) is 0 Å². The third kappa shape index (κ3) is 4.95. The zero-order valence-corrected chi connectivity index (χ0v) is 17.0. The molecule has 158 valence electrons. The van der Waals surface area contributed by atoms with Gasteiger partial charge in [-0.1, -0.05) is 37.1 Å². The lowest BCUT2D eigenvalue weighted by Gasteiger charge is -2.12. The number of aliphatic hydroxyl groups is 1. The zero-order chi connectivity index (χ0) is 21.6. The smallest absolute Gasteiger partial charge is 0.277 e. The first-order valence-electron chi connectivity index (χ1n) is 10.4. The van der Waals surface area contributed by atoms with Crippen molar-refractivity contribution in [2.24, 2.45) is 4.99 Å². The van der Waals surface area contributed by atoms with E-state index >= 15 is 0 Å². The topological polar surface area (TPSA) is 107 Å². The molecule has 7 heteroatoms. The molecule has 1 fully saturated rings. The van der Waals surface area contributed by atoms with Gasteiger partial charge in [0.2, 0.25) is 0 Å². The highest BCUT2D eigenvalue weighted by atomic mass is 16.3. The van der Waals surface area contributed by atoms with E-state index in [1.807, 2.05) is 12.1 Å². The van der Waals surface area contributed by atoms with Gasteiger partial charge in [0, 0.05) is 28.9 Å². The Hall–Kier alpha value is -3.58. The Bertz CT molecular complexity index is 1080. The highest BCUT2D eigenvalue weighted by Gasteiger charge is 2.18. The summed E-state index contributed by atoms with van der Waals surface area (Å²) in [5, 5.41) is 19.5. The summed E-state index contributed by atoms with van der Waals surface area (Å²) < 4.78 is 0. The van der Waals surface area contributed by atoms with Crippen LogP contribution >= 0.6 is 0 Å². The van der Waals surface area contributed by atoms with Crippen molar-refractivity contribution in [3.63, 3.8) is 0 Å². The molecule has 0 radical (unpaired) electrons. The lowest BCUT2D eigenvalue weighted by atomic mass is 10.0. The van der Waals surface area contributed by atoms with Crippen LogP contribution in [-0.2, 0) is 0 Å². The molecule has 0 atom stereocenters. The zero-order valence-electron chi connectivity index (χ0n) is 17.0. The van der Waals surface area contributed by atoms with E-state index in [4.69, 9.17) is 0 Å². The Balaban J connectivity index is 1.51. The molecule has 7 nitrogen and oxygen atoms in total. The fourth-order valence-electron chi connectivity index (χ4n) is 3.77. The number of hydrogen-bond donors (Lipinski definition) is 3. The number of nitrogens with zero attached hydrogens (tertiary/aromatic N) is 2. The summed E-state index contributed by atoms with van der Waals surface area (Å²) in [4.78, 5) is 29.3. The number of carbonyl (C=O) groups is 2. The lowest BCUT2D eigenvalue weighted by molar-refractivity contribution is 0.0937. The molecule has 1 heterocycles. The SMILES string of the molecule is O=C(/N=C(\CO)c1cccc(C(=O)NC2CCCC2)c1)c1ccc(-c2cn[nH]c2)cc1. The van der Waals surface area contributed by atoms with Gasteiger partial charge in [-0.15, -0.1) is 0 Å². The van der Waals surface area contributed by atoms with Crippen LogP contribution in [0.3, 0.4) is 0 Å². The van der Waals surface area contributed by atoms with Crippen LogP contribution in [0.15, 0.2) is 65.9 Å². The number of carbonyl (C=O) groups excluding carboxylic acids is 2. The molecule has 0 saturated heterocycles. The summed E-state index contributed by atoms with van der Waals surface area (Å²) in [6.45, 7) is -0.410. The number of hydrogen-bond acceptors (Lipinski definition) is 4. The first kappa shape index (κ1) is 20.7. The van der Waals surface area contributed by atoms with Crippen molar-refractivity contribution in [2.45, 2.75) is 31.7 Å². The number of aromatic nitrogens is 2. The molecule has 1 saturated carbocycles. The molecule has 2 amide bonds. The first-order chi connectivity index (χ1) is 15.1. The van der Waals surface area contributed by atoms with Gasteiger partial charge < -0.3 is 10.4 Å². The maximum Gasteiger partial charge on any atom is 0.277 e. The Morgan fingerprint density at radius 2 is 1.77 bits per heavy atom. The molecule has 1 aromatic heterocycles. The van der Waals surface area contributed by atoms with Crippen LogP contribution < -0.4 is 5.32 Å². The van der Waals surface area contributed by atoms with Crippen LogP contribution in [0.25, 0.3) is 11.1 Å². The van der Waals surface area contributed by atoms with Gasteiger partial charge in [-0.2, -0.15) is 5.10 Å². The standard InChI is InChI=1S/C24H24N4O3/c29-15-22(18-4-3-5-19(12-18)24(31)27-21-6-1-2-7-21)28-23(30)17-10-8-16(9-11-17)20-13-25-26-14-20/h3-5,8-14,21,29H,1-2,6-7,15H2,(H,25,26)(H,27,31)/b28-22+. The molecule has 0 spiro atoms. The number of benzene rings is 2. The molecule has 3 aromatic rings. The van der Waals surface area contributed by atoms with Crippen LogP contribution in [0, 0.1) is 0 Å². The van der Waals surface area contributed by atoms with E-state index in [2.05, 4.69) is 20.5 Å². The van der Waals surface area contributed by atoms with E-state index in [9.17, 15) is 14.7 Å². The largest absolute Gasteiger partial charge is 0.390 e. The monoisotopic (exact) mass is 416 g/mol. The van der Waals surface area contributed by atoms with E-state index in [1.165, 1.54) is 0 Å². The highest BCUT2D eigenvalue weighted by Crippen LogP contribution is 2.20. The average Bonchev–Trinajstić information content (AvgIpc) is 3.52. The lowest BCUT2D eigenvalue weighted by Crippen LogP contribution is -2.32. The minimum atomic E-state index is -0.455. The summed E-state index contributed by atoms with van der Waals surface area (Å²) in [7, 11) is 0. The number of H-pyrrole nitrogens is 1. The number of aliphatic imine (C=N–C) groups is 1. The summed E-state index contributed by atoms with van der Waals surface area (Å²) in [6, 6.07) is 14.1. The van der Waals surface area contributed by atoms with E-state index in [-0.39, 0.29) is 17.7 Å². The van der Waals surface area contributed by atoms with Crippen molar-refractivity contribution < 1.29 is 14.7 Å². The Morgan fingerprint density at radius 1 is 1.03 bits per heavy atom. The molecule has 1 aliphatic rings. The summed E-state index contributed by atoms with van der Waals surface area (Å²) in [5.74, 6) is -0.601. The molecule has 0 bridgehead atoms. The number of nitrogens with one attached hydrogen (secondary N) is 2. The fourth-order valence-corrected chi connectivity index (χ4v) is 3.77. The van der Waals surface area contributed by atoms with Crippen LogP contribution in [0.1, 0.15) is 52.0 Å². The van der Waals surface area contributed by atoms with E-state index < -0.39 is 12.5 Å². The maximum atomic E-state index is 12.6. The van der Waals surface area contributed by atoms with E-state index in [0.29, 0.717) is 16.7 Å². The second kappa shape index (κ2) is 9.49. The molecule has 0 unspecified atom stereocenters. The van der Waals surface area contributed by atoms with E-state index in [1.54, 1.807) is 48.8 Å². The van der Waals surface area contributed by atoms with Gasteiger partial charge in [0.1, 0.15) is 0 Å². The van der Waals surface area contributed by atoms with Gasteiger partial charge in [-0.05, 0) is 48.2 Å². The summed E-state index contributed by atoms with van der Waals surface area (Å²) >= 11 is 0. The quantitative estimate of drug-likeness (QED) is 0.536. The summed E-state index contributed by atoms with van der Waals surface area (Å²) in [6.07, 6.45) is 7.75. The predicted molar refractivity (Wildman–Crippen MR) is 118 cm³/mol. The third-order valence-corrected chi connectivity index (χ3v) is 5.50. The third-order valence-electron chi connectivity index (χ3n) is 5.50. The first-order valence-corrected chi connectivity index (χ1v) is 10.4. The molecule has 1 aliphatic carbocycles. The Labute approximate surface area is 180 Å². The normalized spacial score (nSPS) is 14.5. The van der Waals surface area contributed by atoms with Gasteiger partial charge in [0.15, 0.2) is 0 Å². The van der Waals surface area contributed by atoms with Crippen molar-refractivity contribution in [2.75, 3.05) is 6.61 Å². The second-order valence-electron chi connectivity index (χ2n) is 7.62. The van der Waals surface area contributed by atoms with Gasteiger partial charge in [-0.3, -0.25) is 14.7 Å². The van der Waals surface area contributed by atoms with Gasteiger partial charge >= 0.3 is 0 Å². The van der Waals surface area contributed by atoms with Crippen LogP contribution in [0.4, 0.5) is 0 Å². The van der Waals surface area contributed by atoms with Crippen LogP contribution in [-0.4, -0.2) is 45.5 Å². The van der Waals surface area contributed by atoms with Crippen molar-refractivity contribution in [1.29, 1.82) is 0 Å². The van der Waals surface area contributed by atoms with Gasteiger partial charge in [-0.25, -0.2) is 4.99 Å². The Morgan fingerprint density at radius 3 is 2.45 bits per heavy atom. The van der Waals surface area contributed by atoms with Crippen molar-refractivity contribution in [3.05, 3.63) is 77.6 Å². The minimum Gasteiger partial charge on any atom is -0.390 e. The number of amides is 2. The summed E-state index contributed by atoms with van der Waals surface area (Å²) in [5.41, 5.74) is 3.52. The van der Waals surface area contributed by atoms with Crippen molar-refractivity contribution in [3.8, 4) is 11.1 Å². The Kier molecular flexibility index (Phi) is 6.33.